The summed E-state index contributed by atoms with van der Waals surface area (Å²) in [5.41, 5.74) is 0.446. The van der Waals surface area contributed by atoms with Crippen LogP contribution in [0.2, 0.25) is 0 Å². The van der Waals surface area contributed by atoms with E-state index in [0.29, 0.717) is 0 Å². The molecule has 1 aliphatic heterocycles. The number of methoxy groups -OCH3 is 1. The molecule has 0 radical (unpaired) electrons. The van der Waals surface area contributed by atoms with E-state index >= 15 is 0 Å². The van der Waals surface area contributed by atoms with Crippen molar-refractivity contribution in [1.29, 1.82) is 0 Å². The lowest BCUT2D eigenvalue weighted by Gasteiger charge is -2.34. The Morgan fingerprint density at radius 2 is 1.80 bits per heavy atom. The van der Waals surface area contributed by atoms with E-state index in [1.807, 2.05) is 44.2 Å². The van der Waals surface area contributed by atoms with E-state index in [1.54, 1.807) is 7.11 Å². The summed E-state index contributed by atoms with van der Waals surface area (Å²) >= 11 is 0. The van der Waals surface area contributed by atoms with Gasteiger partial charge in [0.2, 0.25) is 0 Å². The van der Waals surface area contributed by atoms with Gasteiger partial charge in [-0.1, -0.05) is 30.3 Å². The van der Waals surface area contributed by atoms with Gasteiger partial charge in [-0.25, -0.2) is 0 Å². The summed E-state index contributed by atoms with van der Waals surface area (Å²) in [7, 11) is 1.65. The molecule has 20 heavy (non-hydrogen) atoms. The SMILES string of the molecule is COC(c1ccccc1)C(O)C1CC(C)(C)OC1(C)C. The van der Waals surface area contributed by atoms with Crippen molar-refractivity contribution in [2.75, 3.05) is 7.11 Å². The van der Waals surface area contributed by atoms with Gasteiger partial charge in [0.1, 0.15) is 6.10 Å². The maximum absolute atomic E-state index is 10.8. The minimum atomic E-state index is -0.584. The van der Waals surface area contributed by atoms with E-state index in [1.165, 1.54) is 0 Å². The van der Waals surface area contributed by atoms with E-state index in [9.17, 15) is 5.11 Å². The highest BCUT2D eigenvalue weighted by Gasteiger charge is 2.50. The van der Waals surface area contributed by atoms with Crippen molar-refractivity contribution in [1.82, 2.24) is 0 Å². The van der Waals surface area contributed by atoms with Crippen LogP contribution in [-0.4, -0.2) is 29.5 Å². The van der Waals surface area contributed by atoms with E-state index in [0.717, 1.165) is 12.0 Å². The molecule has 3 unspecified atom stereocenters. The number of benzene rings is 1. The zero-order valence-electron chi connectivity index (χ0n) is 13.1. The average Bonchev–Trinajstić information content (AvgIpc) is 2.59. The van der Waals surface area contributed by atoms with E-state index in [-0.39, 0.29) is 23.2 Å². The lowest BCUT2D eigenvalue weighted by molar-refractivity contribution is -0.109. The molecule has 112 valence electrons. The highest BCUT2D eigenvalue weighted by Crippen LogP contribution is 2.46. The summed E-state index contributed by atoms with van der Waals surface area (Å²) in [6.07, 6.45) is -0.0782. The monoisotopic (exact) mass is 278 g/mol. The maximum Gasteiger partial charge on any atom is 0.108 e. The Bertz CT molecular complexity index is 439. The molecule has 1 aromatic rings. The molecule has 0 saturated carbocycles. The average molecular weight is 278 g/mol. The highest BCUT2D eigenvalue weighted by molar-refractivity contribution is 5.19. The quantitative estimate of drug-likeness (QED) is 0.918. The van der Waals surface area contributed by atoms with E-state index in [4.69, 9.17) is 9.47 Å². The molecule has 1 N–H and O–H groups in total. The molecule has 0 amide bonds. The fraction of sp³-hybridized carbons (Fsp3) is 0.647. The van der Waals surface area contributed by atoms with Gasteiger partial charge < -0.3 is 14.6 Å². The van der Waals surface area contributed by atoms with Crippen LogP contribution in [0.5, 0.6) is 0 Å². The molecule has 0 spiro atoms. The van der Waals surface area contributed by atoms with Crippen LogP contribution in [0.4, 0.5) is 0 Å². The highest BCUT2D eigenvalue weighted by atomic mass is 16.5. The Labute approximate surface area is 121 Å². The molecule has 0 aromatic heterocycles. The van der Waals surface area contributed by atoms with Crippen LogP contribution in [0, 0.1) is 5.92 Å². The first kappa shape index (κ1) is 15.5. The Morgan fingerprint density at radius 1 is 1.20 bits per heavy atom. The van der Waals surface area contributed by atoms with Crippen molar-refractivity contribution in [2.45, 2.75) is 57.5 Å². The maximum atomic E-state index is 10.8. The molecule has 1 heterocycles. The summed E-state index contributed by atoms with van der Waals surface area (Å²) in [4.78, 5) is 0. The second kappa shape index (κ2) is 5.47. The Hall–Kier alpha value is -0.900. The van der Waals surface area contributed by atoms with Crippen molar-refractivity contribution in [3.05, 3.63) is 35.9 Å². The largest absolute Gasteiger partial charge is 0.390 e. The van der Waals surface area contributed by atoms with Gasteiger partial charge in [-0.3, -0.25) is 0 Å². The van der Waals surface area contributed by atoms with Gasteiger partial charge in [0.05, 0.1) is 17.3 Å². The molecule has 1 aromatic carbocycles. The van der Waals surface area contributed by atoms with Crippen LogP contribution >= 0.6 is 0 Å². The first-order chi connectivity index (χ1) is 9.27. The number of hydrogen-bond acceptors (Lipinski definition) is 3. The Balaban J connectivity index is 2.23. The molecule has 3 nitrogen and oxygen atoms in total. The molecule has 1 saturated heterocycles. The predicted octanol–water partition coefficient (Wildman–Crippen LogP) is 3.33. The fourth-order valence-electron chi connectivity index (χ4n) is 3.46. The van der Waals surface area contributed by atoms with Gasteiger partial charge in [-0.15, -0.1) is 0 Å². The molecule has 3 heteroatoms. The van der Waals surface area contributed by atoms with Crippen LogP contribution in [0.3, 0.4) is 0 Å². The molecular formula is C17H26O3. The van der Waals surface area contributed by atoms with Gasteiger partial charge in [0.15, 0.2) is 0 Å². The zero-order valence-corrected chi connectivity index (χ0v) is 13.1. The Kier molecular flexibility index (Phi) is 4.24. The summed E-state index contributed by atoms with van der Waals surface area (Å²) < 4.78 is 11.7. The second-order valence-corrected chi connectivity index (χ2v) is 6.83. The predicted molar refractivity (Wildman–Crippen MR) is 79.5 cm³/mol. The third-order valence-corrected chi connectivity index (χ3v) is 4.25. The normalized spacial score (nSPS) is 27.2. The van der Waals surface area contributed by atoms with Crippen molar-refractivity contribution < 1.29 is 14.6 Å². The minimum absolute atomic E-state index is 0.0441. The third-order valence-electron chi connectivity index (χ3n) is 4.25. The van der Waals surface area contributed by atoms with E-state index in [2.05, 4.69) is 13.8 Å². The summed E-state index contributed by atoms with van der Waals surface area (Å²) in [5.74, 6) is 0.0441. The summed E-state index contributed by atoms with van der Waals surface area (Å²) in [6.45, 7) is 8.25. The van der Waals surface area contributed by atoms with Crippen molar-refractivity contribution in [3.8, 4) is 0 Å². The van der Waals surface area contributed by atoms with Crippen LogP contribution in [0.25, 0.3) is 0 Å². The van der Waals surface area contributed by atoms with Gasteiger partial charge in [0, 0.05) is 13.0 Å². The zero-order chi connectivity index (χ0) is 15.0. The molecule has 1 fully saturated rings. The van der Waals surface area contributed by atoms with Gasteiger partial charge in [-0.2, -0.15) is 0 Å². The molecule has 3 atom stereocenters. The number of ether oxygens (including phenoxy) is 2. The number of aliphatic hydroxyl groups is 1. The fourth-order valence-corrected chi connectivity index (χ4v) is 3.46. The van der Waals surface area contributed by atoms with Crippen molar-refractivity contribution in [3.63, 3.8) is 0 Å². The van der Waals surface area contributed by atoms with E-state index < -0.39 is 6.10 Å². The Morgan fingerprint density at radius 3 is 2.25 bits per heavy atom. The summed E-state index contributed by atoms with van der Waals surface area (Å²) in [5, 5.41) is 10.8. The van der Waals surface area contributed by atoms with Crippen LogP contribution in [-0.2, 0) is 9.47 Å². The summed E-state index contributed by atoms with van der Waals surface area (Å²) in [6, 6.07) is 9.88. The third kappa shape index (κ3) is 3.05. The van der Waals surface area contributed by atoms with Gasteiger partial charge in [0.25, 0.3) is 0 Å². The topological polar surface area (TPSA) is 38.7 Å². The van der Waals surface area contributed by atoms with Crippen molar-refractivity contribution in [2.24, 2.45) is 5.92 Å². The van der Waals surface area contributed by atoms with Crippen LogP contribution < -0.4 is 0 Å². The molecule has 1 aliphatic rings. The standard InChI is InChI=1S/C17H26O3/c1-16(2)11-13(17(3,4)20-16)14(18)15(19-5)12-9-7-6-8-10-12/h6-10,13-15,18H,11H2,1-5H3. The first-order valence-electron chi connectivity index (χ1n) is 7.23. The van der Waals surface area contributed by atoms with Crippen molar-refractivity contribution >= 4 is 0 Å². The molecule has 0 bridgehead atoms. The number of hydrogen-bond donors (Lipinski definition) is 1. The van der Waals surface area contributed by atoms with Crippen LogP contribution in [0.15, 0.2) is 30.3 Å². The number of aliphatic hydroxyl groups excluding tert-OH is 1. The second-order valence-electron chi connectivity index (χ2n) is 6.83. The number of rotatable bonds is 4. The lowest BCUT2D eigenvalue weighted by atomic mass is 9.80. The first-order valence-corrected chi connectivity index (χ1v) is 7.23. The van der Waals surface area contributed by atoms with Gasteiger partial charge in [-0.05, 0) is 39.7 Å². The van der Waals surface area contributed by atoms with Gasteiger partial charge >= 0.3 is 0 Å². The smallest absolute Gasteiger partial charge is 0.108 e. The lowest BCUT2D eigenvalue weighted by Crippen LogP contribution is -2.39. The van der Waals surface area contributed by atoms with Crippen LogP contribution in [0.1, 0.15) is 45.8 Å². The molecule has 0 aliphatic carbocycles. The molecular weight excluding hydrogens is 252 g/mol. The minimum Gasteiger partial charge on any atom is -0.390 e. The molecule has 2 rings (SSSR count).